The average molecular weight is 317 g/mol. The van der Waals surface area contributed by atoms with E-state index in [1.807, 2.05) is 17.5 Å². The molecular formula is C14H23NO3S2. The second-order valence-corrected chi connectivity index (χ2v) is 8.66. The predicted molar refractivity (Wildman–Crippen MR) is 82.3 cm³/mol. The Labute approximate surface area is 125 Å². The van der Waals surface area contributed by atoms with Gasteiger partial charge in [0.05, 0.1) is 5.75 Å². The Balaban J connectivity index is 1.88. The summed E-state index contributed by atoms with van der Waals surface area (Å²) in [5.41, 5.74) is -1.15. The van der Waals surface area contributed by atoms with E-state index in [-0.39, 0.29) is 18.2 Å². The summed E-state index contributed by atoms with van der Waals surface area (Å²) in [5.74, 6) is 0.459. The molecule has 1 aliphatic carbocycles. The van der Waals surface area contributed by atoms with E-state index in [2.05, 4.69) is 4.72 Å². The molecular weight excluding hydrogens is 294 g/mol. The highest BCUT2D eigenvalue weighted by Crippen LogP contribution is 2.26. The maximum absolute atomic E-state index is 12.1. The Morgan fingerprint density at radius 2 is 2.10 bits per heavy atom. The normalized spacial score (nSPS) is 20.7. The average Bonchev–Trinajstić information content (AvgIpc) is 2.92. The molecule has 114 valence electrons. The molecule has 0 bridgehead atoms. The van der Waals surface area contributed by atoms with Crippen LogP contribution in [0.15, 0.2) is 17.5 Å². The summed E-state index contributed by atoms with van der Waals surface area (Å²) in [6.07, 6.45) is 5.49. The van der Waals surface area contributed by atoms with Crippen molar-refractivity contribution in [3.05, 3.63) is 22.4 Å². The molecule has 0 saturated heterocycles. The Hall–Kier alpha value is -0.430. The van der Waals surface area contributed by atoms with Crippen molar-refractivity contribution < 1.29 is 13.5 Å². The van der Waals surface area contributed by atoms with Crippen molar-refractivity contribution in [3.63, 3.8) is 0 Å². The van der Waals surface area contributed by atoms with Gasteiger partial charge in [0.15, 0.2) is 0 Å². The monoisotopic (exact) mass is 317 g/mol. The minimum absolute atomic E-state index is 0.0303. The zero-order valence-electron chi connectivity index (χ0n) is 11.8. The van der Waals surface area contributed by atoms with Crippen molar-refractivity contribution in [1.29, 1.82) is 0 Å². The number of aliphatic hydroxyl groups is 1. The van der Waals surface area contributed by atoms with E-state index in [1.165, 1.54) is 17.8 Å². The van der Waals surface area contributed by atoms with Crippen molar-refractivity contribution in [2.45, 2.75) is 44.6 Å². The molecule has 0 aliphatic heterocycles. The fraction of sp³-hybridized carbons (Fsp3) is 0.714. The molecule has 0 spiro atoms. The molecule has 6 heteroatoms. The Morgan fingerprint density at radius 3 is 2.70 bits per heavy atom. The Morgan fingerprint density at radius 1 is 1.40 bits per heavy atom. The summed E-state index contributed by atoms with van der Waals surface area (Å²) in [7, 11) is -3.31. The van der Waals surface area contributed by atoms with Gasteiger partial charge >= 0.3 is 0 Å². The van der Waals surface area contributed by atoms with Crippen LogP contribution in [-0.4, -0.2) is 25.8 Å². The largest absolute Gasteiger partial charge is 0.383 e. The third kappa shape index (κ3) is 4.55. The van der Waals surface area contributed by atoms with Gasteiger partial charge in [0.2, 0.25) is 10.0 Å². The second kappa shape index (κ2) is 6.56. The minimum Gasteiger partial charge on any atom is -0.383 e. The highest BCUT2D eigenvalue weighted by Gasteiger charge is 2.28. The van der Waals surface area contributed by atoms with Gasteiger partial charge in [-0.25, -0.2) is 13.1 Å². The number of hydrogen-bond donors (Lipinski definition) is 2. The van der Waals surface area contributed by atoms with E-state index in [0.717, 1.165) is 30.6 Å². The quantitative estimate of drug-likeness (QED) is 0.847. The number of sulfonamides is 1. The van der Waals surface area contributed by atoms with Gasteiger partial charge in [-0.15, -0.1) is 11.3 Å². The van der Waals surface area contributed by atoms with E-state index in [9.17, 15) is 13.5 Å². The van der Waals surface area contributed by atoms with Crippen LogP contribution in [0.2, 0.25) is 0 Å². The molecule has 20 heavy (non-hydrogen) atoms. The lowest BCUT2D eigenvalue weighted by Crippen LogP contribution is -2.40. The smallest absolute Gasteiger partial charge is 0.211 e. The van der Waals surface area contributed by atoms with Gasteiger partial charge in [0, 0.05) is 11.4 Å². The van der Waals surface area contributed by atoms with Crippen LogP contribution in [0, 0.1) is 5.92 Å². The van der Waals surface area contributed by atoms with Gasteiger partial charge in [0.25, 0.3) is 0 Å². The number of thiophene rings is 1. The molecule has 1 fully saturated rings. The van der Waals surface area contributed by atoms with Crippen LogP contribution in [0.5, 0.6) is 0 Å². The molecule has 0 amide bonds. The van der Waals surface area contributed by atoms with E-state index in [1.54, 1.807) is 6.92 Å². The maximum Gasteiger partial charge on any atom is 0.211 e. The lowest BCUT2D eigenvalue weighted by molar-refractivity contribution is 0.0665. The molecule has 2 rings (SSSR count). The topological polar surface area (TPSA) is 66.4 Å². The van der Waals surface area contributed by atoms with Gasteiger partial charge in [0.1, 0.15) is 5.60 Å². The molecule has 0 aromatic carbocycles. The lowest BCUT2D eigenvalue weighted by atomic mass is 9.91. The number of nitrogens with one attached hydrogen (secondary N) is 1. The molecule has 2 N–H and O–H groups in total. The highest BCUT2D eigenvalue weighted by molar-refractivity contribution is 7.89. The predicted octanol–water partition coefficient (Wildman–Crippen LogP) is 2.46. The van der Waals surface area contributed by atoms with Gasteiger partial charge in [-0.3, -0.25) is 0 Å². The molecule has 1 aromatic heterocycles. The molecule has 4 nitrogen and oxygen atoms in total. The molecule has 0 radical (unpaired) electrons. The van der Waals surface area contributed by atoms with Crippen LogP contribution in [0.25, 0.3) is 0 Å². The van der Waals surface area contributed by atoms with Gasteiger partial charge in [-0.05, 0) is 37.1 Å². The molecule has 1 aliphatic rings. The molecule has 1 unspecified atom stereocenters. The molecule has 1 heterocycles. The van der Waals surface area contributed by atoms with Crippen molar-refractivity contribution in [3.8, 4) is 0 Å². The Kier molecular flexibility index (Phi) is 5.23. The zero-order valence-corrected chi connectivity index (χ0v) is 13.5. The first-order chi connectivity index (χ1) is 9.39. The summed E-state index contributed by atoms with van der Waals surface area (Å²) in [5, 5.41) is 12.2. The zero-order chi connectivity index (χ0) is 14.6. The van der Waals surface area contributed by atoms with Crippen LogP contribution in [-0.2, 0) is 15.6 Å². The molecule has 1 atom stereocenters. The first-order valence-corrected chi connectivity index (χ1v) is 9.66. The van der Waals surface area contributed by atoms with Crippen LogP contribution in [0.4, 0.5) is 0 Å². The van der Waals surface area contributed by atoms with Gasteiger partial charge < -0.3 is 5.11 Å². The van der Waals surface area contributed by atoms with E-state index >= 15 is 0 Å². The summed E-state index contributed by atoms with van der Waals surface area (Å²) < 4.78 is 26.8. The van der Waals surface area contributed by atoms with Crippen LogP contribution in [0.1, 0.15) is 43.9 Å². The van der Waals surface area contributed by atoms with Crippen LogP contribution >= 0.6 is 11.3 Å². The number of hydrogen-bond acceptors (Lipinski definition) is 4. The summed E-state index contributed by atoms with van der Waals surface area (Å²) in [6, 6.07) is 3.67. The third-order valence-corrected chi connectivity index (χ3v) is 6.49. The van der Waals surface area contributed by atoms with E-state index in [0.29, 0.717) is 0 Å². The third-order valence-electron chi connectivity index (χ3n) is 3.87. The van der Waals surface area contributed by atoms with Crippen LogP contribution in [0.3, 0.4) is 0 Å². The first-order valence-electron chi connectivity index (χ1n) is 7.13. The SMILES string of the molecule is CC(O)(CNS(=O)(=O)CC1CCCCC1)c1cccs1. The van der Waals surface area contributed by atoms with Gasteiger partial charge in [-0.2, -0.15) is 0 Å². The van der Waals surface area contributed by atoms with Crippen molar-refractivity contribution >= 4 is 21.4 Å². The lowest BCUT2D eigenvalue weighted by Gasteiger charge is -2.24. The highest BCUT2D eigenvalue weighted by atomic mass is 32.2. The standard InChI is InChI=1S/C14H23NO3S2/c1-14(16,13-8-5-9-19-13)11-15-20(17,18)10-12-6-3-2-4-7-12/h5,8-9,12,15-16H,2-4,6-7,10-11H2,1H3. The van der Waals surface area contributed by atoms with Gasteiger partial charge in [-0.1, -0.05) is 25.3 Å². The molecule has 1 aromatic rings. The van der Waals surface area contributed by atoms with Crippen LogP contribution < -0.4 is 4.72 Å². The summed E-state index contributed by atoms with van der Waals surface area (Å²) in [6.45, 7) is 1.67. The van der Waals surface area contributed by atoms with E-state index in [4.69, 9.17) is 0 Å². The summed E-state index contributed by atoms with van der Waals surface area (Å²) >= 11 is 1.43. The first kappa shape index (κ1) is 15.9. The maximum atomic E-state index is 12.1. The second-order valence-electron chi connectivity index (χ2n) is 5.86. The summed E-state index contributed by atoms with van der Waals surface area (Å²) in [4.78, 5) is 0.776. The van der Waals surface area contributed by atoms with Crippen molar-refractivity contribution in [2.24, 2.45) is 5.92 Å². The number of rotatable bonds is 6. The van der Waals surface area contributed by atoms with E-state index < -0.39 is 15.6 Å². The van der Waals surface area contributed by atoms with Crippen molar-refractivity contribution in [1.82, 2.24) is 4.72 Å². The minimum atomic E-state index is -3.31. The van der Waals surface area contributed by atoms with Crippen molar-refractivity contribution in [2.75, 3.05) is 12.3 Å². The fourth-order valence-electron chi connectivity index (χ4n) is 2.65. The fourth-order valence-corrected chi connectivity index (χ4v) is 5.01. The molecule has 1 saturated carbocycles. The Bertz CT molecular complexity index is 503.